The van der Waals surface area contributed by atoms with Crippen LogP contribution in [0.4, 0.5) is 5.95 Å². The molecular weight excluding hydrogens is 441 g/mol. The lowest BCUT2D eigenvalue weighted by molar-refractivity contribution is -0.131. The fourth-order valence-electron chi connectivity index (χ4n) is 3.50. The van der Waals surface area contributed by atoms with Crippen LogP contribution in [0.15, 0.2) is 63.5 Å². The van der Waals surface area contributed by atoms with Gasteiger partial charge in [0.05, 0.1) is 17.1 Å². The molecular formula is C25H31BN7O2. The molecule has 2 aromatic rings. The summed E-state index contributed by atoms with van der Waals surface area (Å²) in [5.74, 6) is -0.534. The van der Waals surface area contributed by atoms with E-state index in [1.54, 1.807) is 26.7 Å². The molecule has 9 nitrogen and oxygen atoms in total. The highest BCUT2D eigenvalue weighted by Crippen LogP contribution is 2.25. The smallest absolute Gasteiger partial charge is 0.324 e. The van der Waals surface area contributed by atoms with E-state index in [0.717, 1.165) is 28.0 Å². The molecule has 0 spiro atoms. The Bertz CT molecular complexity index is 1230. The average Bonchev–Trinajstić information content (AvgIpc) is 3.25. The van der Waals surface area contributed by atoms with Crippen LogP contribution in [0, 0.1) is 12.3 Å². The highest BCUT2D eigenvalue weighted by atomic mass is 16.4. The molecule has 0 aliphatic carbocycles. The maximum absolute atomic E-state index is 11.7. The van der Waals surface area contributed by atoms with Gasteiger partial charge < -0.3 is 21.5 Å². The zero-order valence-corrected chi connectivity index (χ0v) is 20.8. The molecule has 10 heteroatoms. The molecule has 1 aliphatic heterocycles. The SMILES string of the molecule is CN=CC(=CN)Nc1nccc(-c2ccc(CNCC3=C(C(=O)O)[B]C(C(C)(C)C)=N3)c(C)c2)n1. The van der Waals surface area contributed by atoms with Gasteiger partial charge in [-0.25, -0.2) is 14.8 Å². The topological polar surface area (TPSA) is 138 Å². The molecule has 0 amide bonds. The van der Waals surface area contributed by atoms with E-state index < -0.39 is 5.97 Å². The molecule has 0 bridgehead atoms. The van der Waals surface area contributed by atoms with E-state index in [1.807, 2.05) is 45.9 Å². The number of benzene rings is 1. The molecule has 1 radical (unpaired) electrons. The van der Waals surface area contributed by atoms with Gasteiger partial charge >= 0.3 is 5.97 Å². The number of aliphatic carboxylic acids is 1. The van der Waals surface area contributed by atoms with Crippen LogP contribution in [-0.2, 0) is 11.3 Å². The fraction of sp³-hybridized carbons (Fsp3) is 0.320. The summed E-state index contributed by atoms with van der Waals surface area (Å²) in [6, 6.07) is 7.96. The predicted octanol–water partition coefficient (Wildman–Crippen LogP) is 2.91. The third-order valence-corrected chi connectivity index (χ3v) is 5.45. The minimum Gasteiger partial charge on any atom is -0.478 e. The Kier molecular flexibility index (Phi) is 8.19. The third-order valence-electron chi connectivity index (χ3n) is 5.45. The van der Waals surface area contributed by atoms with Crippen molar-refractivity contribution >= 4 is 31.0 Å². The fourth-order valence-corrected chi connectivity index (χ4v) is 3.50. The lowest BCUT2D eigenvalue weighted by atomic mass is 9.58. The van der Waals surface area contributed by atoms with Crippen molar-refractivity contribution in [2.45, 2.75) is 34.2 Å². The number of hydrogen-bond donors (Lipinski definition) is 4. The van der Waals surface area contributed by atoms with Crippen LogP contribution in [0.3, 0.4) is 0 Å². The second-order valence-corrected chi connectivity index (χ2v) is 9.20. The largest absolute Gasteiger partial charge is 0.478 e. The Labute approximate surface area is 206 Å². The number of carboxylic acids is 1. The monoisotopic (exact) mass is 472 g/mol. The van der Waals surface area contributed by atoms with Crippen LogP contribution < -0.4 is 16.4 Å². The molecule has 1 aliphatic rings. The summed E-state index contributed by atoms with van der Waals surface area (Å²) in [5.41, 5.74) is 11.5. The van der Waals surface area contributed by atoms with Crippen LogP contribution in [0.5, 0.6) is 0 Å². The van der Waals surface area contributed by atoms with Gasteiger partial charge in [0, 0.05) is 49.8 Å². The van der Waals surface area contributed by atoms with Crippen LogP contribution in [0.25, 0.3) is 11.3 Å². The summed E-state index contributed by atoms with van der Waals surface area (Å²) >= 11 is 0. The molecule has 0 saturated heterocycles. The number of anilines is 1. The van der Waals surface area contributed by atoms with Crippen LogP contribution in [0.2, 0.25) is 0 Å². The number of hydrogen-bond acceptors (Lipinski definition) is 8. The summed E-state index contributed by atoms with van der Waals surface area (Å²) < 4.78 is 0. The number of aryl methyl sites for hydroxylation is 1. The lowest BCUT2D eigenvalue weighted by Gasteiger charge is -2.18. The number of nitrogens with two attached hydrogens (primary N) is 1. The van der Waals surface area contributed by atoms with Crippen LogP contribution in [0.1, 0.15) is 31.9 Å². The second-order valence-electron chi connectivity index (χ2n) is 9.20. The Hall–Kier alpha value is -3.79. The van der Waals surface area contributed by atoms with Crippen molar-refractivity contribution in [3.63, 3.8) is 0 Å². The summed E-state index contributed by atoms with van der Waals surface area (Å²) in [4.78, 5) is 29.0. The van der Waals surface area contributed by atoms with Gasteiger partial charge in [0.2, 0.25) is 13.2 Å². The van der Waals surface area contributed by atoms with E-state index in [1.165, 1.54) is 6.20 Å². The minimum atomic E-state index is -0.958. The van der Waals surface area contributed by atoms with Crippen molar-refractivity contribution in [3.05, 3.63) is 64.7 Å². The van der Waals surface area contributed by atoms with Crippen molar-refractivity contribution in [1.29, 1.82) is 0 Å². The van der Waals surface area contributed by atoms with Gasteiger partial charge in [0.1, 0.15) is 0 Å². The second kappa shape index (κ2) is 11.1. The number of carbonyl (C=O) groups is 1. The molecule has 0 atom stereocenters. The number of aliphatic imine (C=N–C) groups is 2. The summed E-state index contributed by atoms with van der Waals surface area (Å²) in [6.45, 7) is 9.06. The maximum atomic E-state index is 11.7. The first-order valence-corrected chi connectivity index (χ1v) is 11.3. The Morgan fingerprint density at radius 2 is 2.03 bits per heavy atom. The summed E-state index contributed by atoms with van der Waals surface area (Å²) in [6.07, 6.45) is 4.69. The number of carboxylic acid groups (broad SMARTS) is 1. The average molecular weight is 472 g/mol. The first kappa shape index (κ1) is 25.8. The normalized spacial score (nSPS) is 14.3. The third kappa shape index (κ3) is 6.63. The molecule has 0 fully saturated rings. The van der Waals surface area contributed by atoms with E-state index >= 15 is 0 Å². The molecule has 2 heterocycles. The Morgan fingerprint density at radius 1 is 1.26 bits per heavy atom. The molecule has 3 rings (SSSR count). The number of rotatable bonds is 9. The standard InChI is InChI=1S/C25H31BN7O2/c1-15-10-16(19-8-9-30-24(33-19)31-18(11-27)13-28-5)6-7-17(15)12-29-14-20-21(22(34)35)26-23(32-20)25(2,3)4/h6-11,13,29H,12,14,27H2,1-5H3,(H,34,35)(H,30,31,33). The quantitative estimate of drug-likeness (QED) is 0.325. The van der Waals surface area contributed by atoms with Crippen molar-refractivity contribution in [2.75, 3.05) is 18.9 Å². The molecule has 1 aromatic heterocycles. The zero-order chi connectivity index (χ0) is 25.6. The van der Waals surface area contributed by atoms with E-state index in [2.05, 4.69) is 36.7 Å². The van der Waals surface area contributed by atoms with Gasteiger partial charge in [-0.2, -0.15) is 0 Å². The molecule has 1 aromatic carbocycles. The number of nitrogens with zero attached hydrogens (tertiary/aromatic N) is 4. The molecule has 35 heavy (non-hydrogen) atoms. The van der Waals surface area contributed by atoms with Gasteiger partial charge in [0.15, 0.2) is 0 Å². The van der Waals surface area contributed by atoms with Crippen molar-refractivity contribution in [2.24, 2.45) is 21.1 Å². The maximum Gasteiger partial charge on any atom is 0.324 e. The molecule has 0 unspecified atom stereocenters. The van der Waals surface area contributed by atoms with Crippen molar-refractivity contribution in [1.82, 2.24) is 15.3 Å². The Morgan fingerprint density at radius 3 is 2.66 bits per heavy atom. The molecule has 0 saturated carbocycles. The number of nitrogens with one attached hydrogen (secondary N) is 2. The number of allylic oxidation sites excluding steroid dienone is 1. The highest BCUT2D eigenvalue weighted by Gasteiger charge is 2.30. The first-order chi connectivity index (χ1) is 16.6. The van der Waals surface area contributed by atoms with Crippen molar-refractivity contribution < 1.29 is 9.90 Å². The first-order valence-electron chi connectivity index (χ1n) is 11.3. The van der Waals surface area contributed by atoms with Crippen LogP contribution >= 0.6 is 0 Å². The van der Waals surface area contributed by atoms with Crippen molar-refractivity contribution in [3.8, 4) is 11.3 Å². The van der Waals surface area contributed by atoms with Gasteiger partial charge in [-0.3, -0.25) is 9.98 Å². The van der Waals surface area contributed by atoms with Gasteiger partial charge in [-0.05, 0) is 41.2 Å². The van der Waals surface area contributed by atoms with Gasteiger partial charge in [0.25, 0.3) is 0 Å². The predicted molar refractivity (Wildman–Crippen MR) is 142 cm³/mol. The van der Waals surface area contributed by atoms with E-state index in [-0.39, 0.29) is 10.9 Å². The Balaban J connectivity index is 1.69. The minimum absolute atomic E-state index is 0.211. The summed E-state index contributed by atoms with van der Waals surface area (Å²) in [7, 11) is 3.33. The van der Waals surface area contributed by atoms with Crippen LogP contribution in [-0.4, -0.2) is 53.7 Å². The number of aromatic nitrogens is 2. The zero-order valence-electron chi connectivity index (χ0n) is 20.8. The lowest BCUT2D eigenvalue weighted by Crippen LogP contribution is -2.26. The molecule has 181 valence electrons. The van der Waals surface area contributed by atoms with E-state index in [0.29, 0.717) is 30.4 Å². The molecule has 5 N–H and O–H groups in total. The summed E-state index contributed by atoms with van der Waals surface area (Å²) in [5, 5.41) is 15.9. The van der Waals surface area contributed by atoms with Gasteiger partial charge in [-0.15, -0.1) is 0 Å². The van der Waals surface area contributed by atoms with Gasteiger partial charge in [-0.1, -0.05) is 32.9 Å². The highest BCUT2D eigenvalue weighted by molar-refractivity contribution is 6.86. The van der Waals surface area contributed by atoms with E-state index in [4.69, 9.17) is 5.73 Å². The van der Waals surface area contributed by atoms with E-state index in [9.17, 15) is 9.90 Å².